The fraction of sp³-hybridized carbons (Fsp3) is 0.368. The van der Waals surface area contributed by atoms with E-state index in [1.807, 2.05) is 18.3 Å². The number of likely N-dealkylation sites (tertiary alicyclic amines) is 1. The maximum absolute atomic E-state index is 5.87. The van der Waals surface area contributed by atoms with Gasteiger partial charge in [-0.05, 0) is 37.1 Å². The van der Waals surface area contributed by atoms with E-state index in [-0.39, 0.29) is 0 Å². The van der Waals surface area contributed by atoms with Crippen LogP contribution in [0.15, 0.2) is 48.4 Å². The van der Waals surface area contributed by atoms with Gasteiger partial charge in [0.05, 0.1) is 5.69 Å². The molecule has 4 heteroatoms. The molecule has 1 saturated heterocycles. The van der Waals surface area contributed by atoms with Crippen LogP contribution in [0.4, 0.5) is 0 Å². The lowest BCUT2D eigenvalue weighted by Crippen LogP contribution is -2.37. The van der Waals surface area contributed by atoms with Crippen molar-refractivity contribution in [1.29, 1.82) is 0 Å². The third-order valence-corrected chi connectivity index (χ3v) is 4.63. The molecule has 0 amide bonds. The minimum Gasteiger partial charge on any atom is -0.489 e. The van der Waals surface area contributed by atoms with E-state index in [1.165, 1.54) is 24.0 Å². The van der Waals surface area contributed by atoms with Gasteiger partial charge in [-0.15, -0.1) is 0 Å². The third-order valence-electron chi connectivity index (χ3n) is 4.63. The lowest BCUT2D eigenvalue weighted by molar-refractivity contribution is 0.213. The van der Waals surface area contributed by atoms with Crippen molar-refractivity contribution in [2.75, 3.05) is 26.2 Å². The summed E-state index contributed by atoms with van der Waals surface area (Å²) in [7, 11) is 0. The lowest BCUT2D eigenvalue weighted by atomic mass is 9.94. The molecule has 0 radical (unpaired) electrons. The van der Waals surface area contributed by atoms with Gasteiger partial charge in [-0.2, -0.15) is 0 Å². The molecule has 0 aliphatic carbocycles. The molecule has 2 aliphatic rings. The summed E-state index contributed by atoms with van der Waals surface area (Å²) < 4.78 is 5.87. The molecule has 118 valence electrons. The third kappa shape index (κ3) is 3.27. The zero-order valence-electron chi connectivity index (χ0n) is 13.2. The maximum Gasteiger partial charge on any atom is 0.127 e. The molecule has 3 heterocycles. The van der Waals surface area contributed by atoms with Gasteiger partial charge >= 0.3 is 0 Å². The van der Waals surface area contributed by atoms with Crippen LogP contribution in [0, 0.1) is 0 Å². The zero-order chi connectivity index (χ0) is 15.5. The minimum absolute atomic E-state index is 0.495. The summed E-state index contributed by atoms with van der Waals surface area (Å²) in [6.07, 6.45) is 10.1. The van der Waals surface area contributed by atoms with Gasteiger partial charge in [-0.25, -0.2) is 0 Å². The summed E-state index contributed by atoms with van der Waals surface area (Å²) in [6.45, 7) is 3.88. The Morgan fingerprint density at radius 1 is 1.22 bits per heavy atom. The van der Waals surface area contributed by atoms with E-state index in [0.717, 1.165) is 31.1 Å². The Kier molecular flexibility index (Phi) is 4.07. The zero-order valence-corrected chi connectivity index (χ0v) is 13.2. The van der Waals surface area contributed by atoms with Crippen LogP contribution < -0.4 is 4.74 Å². The summed E-state index contributed by atoms with van der Waals surface area (Å²) in [6, 6.07) is 8.24. The normalized spacial score (nSPS) is 21.2. The van der Waals surface area contributed by atoms with Gasteiger partial charge in [0, 0.05) is 43.2 Å². The first-order valence-corrected chi connectivity index (χ1v) is 8.28. The van der Waals surface area contributed by atoms with Crippen molar-refractivity contribution < 1.29 is 4.74 Å². The average molecular weight is 307 g/mol. The topological polar surface area (TPSA) is 38.2 Å². The first-order valence-electron chi connectivity index (χ1n) is 8.28. The molecule has 1 aromatic carbocycles. The highest BCUT2D eigenvalue weighted by atomic mass is 16.5. The van der Waals surface area contributed by atoms with Gasteiger partial charge < -0.3 is 4.74 Å². The molecule has 4 rings (SSSR count). The molecular formula is C19H21N3O. The summed E-state index contributed by atoms with van der Waals surface area (Å²) in [5.74, 6) is 1.49. The fourth-order valence-corrected chi connectivity index (χ4v) is 3.50. The van der Waals surface area contributed by atoms with Crippen LogP contribution in [-0.4, -0.2) is 41.1 Å². The van der Waals surface area contributed by atoms with Crippen molar-refractivity contribution in [3.8, 4) is 5.75 Å². The Balaban J connectivity index is 1.44. The van der Waals surface area contributed by atoms with E-state index in [9.17, 15) is 0 Å². The molecule has 4 nitrogen and oxygen atoms in total. The molecular weight excluding hydrogens is 286 g/mol. The van der Waals surface area contributed by atoms with Crippen molar-refractivity contribution in [3.63, 3.8) is 0 Å². The lowest BCUT2D eigenvalue weighted by Gasteiger charge is -2.33. The standard InChI is InChI=1S/C19H21N3O/c1-2-6-19-16(4-1)10-15(14-23-19)12-22-9-3-5-17(13-22)18-11-20-7-8-21-18/h1-2,4,6-8,10-11,17H,3,5,9,12-14H2/t17-/m1/s1. The van der Waals surface area contributed by atoms with Gasteiger partial charge in [0.25, 0.3) is 0 Å². The second kappa shape index (κ2) is 6.50. The first-order chi connectivity index (χ1) is 11.4. The number of para-hydroxylation sites is 1. The molecule has 1 atom stereocenters. The minimum atomic E-state index is 0.495. The van der Waals surface area contributed by atoms with Crippen LogP contribution in [0.2, 0.25) is 0 Å². The van der Waals surface area contributed by atoms with Crippen LogP contribution >= 0.6 is 0 Å². The highest BCUT2D eigenvalue weighted by molar-refractivity contribution is 5.62. The fourth-order valence-electron chi connectivity index (χ4n) is 3.50. The van der Waals surface area contributed by atoms with Gasteiger partial charge in [0.15, 0.2) is 0 Å². The maximum atomic E-state index is 5.87. The monoisotopic (exact) mass is 307 g/mol. The number of benzene rings is 1. The van der Waals surface area contributed by atoms with Crippen LogP contribution in [0.1, 0.15) is 30.0 Å². The molecule has 2 aromatic rings. The molecule has 0 bridgehead atoms. The second-order valence-corrected chi connectivity index (χ2v) is 6.33. The molecule has 0 saturated carbocycles. The van der Waals surface area contributed by atoms with Crippen LogP contribution in [0.25, 0.3) is 6.08 Å². The van der Waals surface area contributed by atoms with Crippen molar-refractivity contribution >= 4 is 6.08 Å². The van der Waals surface area contributed by atoms with Crippen LogP contribution in [-0.2, 0) is 0 Å². The number of aromatic nitrogens is 2. The molecule has 0 spiro atoms. The Hall–Kier alpha value is -2.20. The van der Waals surface area contributed by atoms with E-state index in [4.69, 9.17) is 4.74 Å². The van der Waals surface area contributed by atoms with Crippen molar-refractivity contribution in [2.45, 2.75) is 18.8 Å². The number of nitrogens with zero attached hydrogens (tertiary/aromatic N) is 3. The number of rotatable bonds is 3. The predicted octanol–water partition coefficient (Wildman–Crippen LogP) is 3.13. The summed E-state index contributed by atoms with van der Waals surface area (Å²) in [4.78, 5) is 11.2. The van der Waals surface area contributed by atoms with Crippen molar-refractivity contribution in [3.05, 3.63) is 59.7 Å². The van der Waals surface area contributed by atoms with E-state index in [2.05, 4.69) is 33.1 Å². The highest BCUT2D eigenvalue weighted by Gasteiger charge is 2.23. The highest BCUT2D eigenvalue weighted by Crippen LogP contribution is 2.28. The molecule has 23 heavy (non-hydrogen) atoms. The Morgan fingerprint density at radius 3 is 3.09 bits per heavy atom. The van der Waals surface area contributed by atoms with Gasteiger partial charge in [0.2, 0.25) is 0 Å². The molecule has 1 fully saturated rings. The summed E-state index contributed by atoms with van der Waals surface area (Å²) in [5, 5.41) is 0. The Morgan fingerprint density at radius 2 is 2.17 bits per heavy atom. The quantitative estimate of drug-likeness (QED) is 0.873. The smallest absolute Gasteiger partial charge is 0.127 e. The van der Waals surface area contributed by atoms with E-state index >= 15 is 0 Å². The number of fused-ring (bicyclic) bond motifs is 1. The molecule has 0 N–H and O–H groups in total. The number of piperidine rings is 1. The molecule has 1 aromatic heterocycles. The summed E-state index contributed by atoms with van der Waals surface area (Å²) in [5.41, 5.74) is 3.66. The second-order valence-electron chi connectivity index (χ2n) is 6.33. The van der Waals surface area contributed by atoms with Crippen LogP contribution in [0.3, 0.4) is 0 Å². The average Bonchev–Trinajstić information content (AvgIpc) is 2.63. The predicted molar refractivity (Wildman–Crippen MR) is 90.4 cm³/mol. The molecule has 0 unspecified atom stereocenters. The van der Waals surface area contributed by atoms with Gasteiger partial charge in [0.1, 0.15) is 12.4 Å². The summed E-state index contributed by atoms with van der Waals surface area (Å²) >= 11 is 0. The Bertz CT molecular complexity index is 699. The number of hydrogen-bond acceptors (Lipinski definition) is 4. The van der Waals surface area contributed by atoms with E-state index in [1.54, 1.807) is 12.4 Å². The van der Waals surface area contributed by atoms with E-state index in [0.29, 0.717) is 12.5 Å². The number of hydrogen-bond donors (Lipinski definition) is 0. The van der Waals surface area contributed by atoms with Gasteiger partial charge in [-0.1, -0.05) is 18.2 Å². The van der Waals surface area contributed by atoms with Crippen LogP contribution in [0.5, 0.6) is 5.75 Å². The Labute approximate surface area is 136 Å². The first kappa shape index (κ1) is 14.4. The van der Waals surface area contributed by atoms with Gasteiger partial charge in [-0.3, -0.25) is 14.9 Å². The molecule has 2 aliphatic heterocycles. The largest absolute Gasteiger partial charge is 0.489 e. The van der Waals surface area contributed by atoms with Crippen molar-refractivity contribution in [2.24, 2.45) is 0 Å². The SMILES string of the molecule is C1=C(CN2CCC[C@@H](c3cnccn3)C2)COc2ccccc21. The van der Waals surface area contributed by atoms with Crippen molar-refractivity contribution in [1.82, 2.24) is 14.9 Å². The van der Waals surface area contributed by atoms with E-state index < -0.39 is 0 Å². The number of ether oxygens (including phenoxy) is 1.